The minimum atomic E-state index is -4.78. The first-order valence-corrected chi connectivity index (χ1v) is 9.22. The summed E-state index contributed by atoms with van der Waals surface area (Å²) in [4.78, 5) is -0.827. The number of methoxy groups -OCH3 is 1. The van der Waals surface area contributed by atoms with Crippen molar-refractivity contribution in [2.45, 2.75) is 37.3 Å². The number of hydrogen-bond donors (Lipinski definition) is 1. The van der Waals surface area contributed by atoms with Crippen molar-refractivity contribution in [1.82, 2.24) is 0 Å². The van der Waals surface area contributed by atoms with Gasteiger partial charge in [0.15, 0.2) is 0 Å². The Bertz CT molecular complexity index is 901. The van der Waals surface area contributed by atoms with E-state index < -0.39 is 26.7 Å². The molecule has 2 aromatic rings. The highest BCUT2D eigenvalue weighted by atomic mass is 32.2. The van der Waals surface area contributed by atoms with Gasteiger partial charge >= 0.3 is 6.18 Å². The van der Waals surface area contributed by atoms with Gasteiger partial charge in [-0.2, -0.15) is 13.2 Å². The van der Waals surface area contributed by atoms with Crippen molar-refractivity contribution in [1.29, 1.82) is 0 Å². The first kappa shape index (κ1) is 20.1. The molecule has 0 aromatic heterocycles. The van der Waals surface area contributed by atoms with Gasteiger partial charge in [-0.05, 0) is 29.2 Å². The fourth-order valence-electron chi connectivity index (χ4n) is 2.52. The minimum absolute atomic E-state index is 0.117. The number of nitrogens with one attached hydrogen (secondary N) is 1. The summed E-state index contributed by atoms with van der Waals surface area (Å²) in [7, 11) is -2.98. The van der Waals surface area contributed by atoms with Crippen LogP contribution in [-0.2, 0) is 21.6 Å². The van der Waals surface area contributed by atoms with E-state index in [2.05, 4.69) is 4.72 Å². The molecule has 0 radical (unpaired) electrons. The molecule has 0 aliphatic heterocycles. The zero-order chi connectivity index (χ0) is 19.8. The van der Waals surface area contributed by atoms with Crippen LogP contribution in [0.5, 0.6) is 5.75 Å². The van der Waals surface area contributed by atoms with Crippen LogP contribution >= 0.6 is 0 Å². The average molecular weight is 387 g/mol. The second-order valence-electron chi connectivity index (χ2n) is 6.76. The molecule has 142 valence electrons. The van der Waals surface area contributed by atoms with Gasteiger partial charge in [0.05, 0.1) is 23.3 Å². The smallest absolute Gasteiger partial charge is 0.417 e. The van der Waals surface area contributed by atoms with Crippen LogP contribution in [0.1, 0.15) is 31.9 Å². The standard InChI is InChI=1S/C18H20F3NO3S/c1-17(2,3)13-10-9-12(11-15(13)25-4)22-26(23,24)16-8-6-5-7-14(16)18(19,20)21/h5-11,22H,1-4H3. The predicted octanol–water partition coefficient (Wildman–Crippen LogP) is 4.81. The third kappa shape index (κ3) is 4.30. The summed E-state index contributed by atoms with van der Waals surface area (Å²) >= 11 is 0. The molecular formula is C18H20F3NO3S. The second-order valence-corrected chi connectivity index (χ2v) is 8.42. The third-order valence-corrected chi connectivity index (χ3v) is 5.18. The highest BCUT2D eigenvalue weighted by Crippen LogP contribution is 2.36. The molecule has 0 bridgehead atoms. The molecule has 0 saturated carbocycles. The average Bonchev–Trinajstić information content (AvgIpc) is 2.52. The molecule has 8 heteroatoms. The topological polar surface area (TPSA) is 55.4 Å². The largest absolute Gasteiger partial charge is 0.496 e. The number of halogens is 3. The minimum Gasteiger partial charge on any atom is -0.496 e. The van der Waals surface area contributed by atoms with Gasteiger partial charge in [-0.25, -0.2) is 8.42 Å². The molecule has 0 aliphatic rings. The van der Waals surface area contributed by atoms with E-state index in [4.69, 9.17) is 4.74 Å². The lowest BCUT2D eigenvalue weighted by Crippen LogP contribution is -2.19. The molecule has 2 rings (SSSR count). The maximum Gasteiger partial charge on any atom is 0.417 e. The molecule has 0 fully saturated rings. The van der Waals surface area contributed by atoms with E-state index >= 15 is 0 Å². The molecule has 4 nitrogen and oxygen atoms in total. The fraction of sp³-hybridized carbons (Fsp3) is 0.333. The Morgan fingerprint density at radius 1 is 0.962 bits per heavy atom. The Labute approximate surface area is 151 Å². The normalized spacial score (nSPS) is 12.7. The SMILES string of the molecule is COc1cc(NS(=O)(=O)c2ccccc2C(F)(F)F)ccc1C(C)(C)C. The van der Waals surface area contributed by atoms with Gasteiger partial charge in [0.25, 0.3) is 10.0 Å². The van der Waals surface area contributed by atoms with Gasteiger partial charge in [-0.1, -0.05) is 39.0 Å². The van der Waals surface area contributed by atoms with E-state index in [1.807, 2.05) is 20.8 Å². The number of alkyl halides is 3. The third-order valence-electron chi connectivity index (χ3n) is 3.74. The van der Waals surface area contributed by atoms with Crippen molar-refractivity contribution >= 4 is 15.7 Å². The monoisotopic (exact) mass is 387 g/mol. The fourth-order valence-corrected chi connectivity index (χ4v) is 3.80. The van der Waals surface area contributed by atoms with Crippen molar-refractivity contribution in [3.63, 3.8) is 0 Å². The van der Waals surface area contributed by atoms with Gasteiger partial charge < -0.3 is 4.74 Å². The Morgan fingerprint density at radius 2 is 1.58 bits per heavy atom. The Morgan fingerprint density at radius 3 is 2.12 bits per heavy atom. The van der Waals surface area contributed by atoms with Crippen molar-refractivity contribution in [3.8, 4) is 5.75 Å². The molecule has 0 atom stereocenters. The molecular weight excluding hydrogens is 367 g/mol. The van der Waals surface area contributed by atoms with Crippen molar-refractivity contribution in [3.05, 3.63) is 53.6 Å². The summed E-state index contributed by atoms with van der Waals surface area (Å²) in [5.41, 5.74) is -0.498. The lowest BCUT2D eigenvalue weighted by atomic mass is 9.86. The molecule has 0 saturated heterocycles. The van der Waals surface area contributed by atoms with Gasteiger partial charge in [-0.15, -0.1) is 0 Å². The number of sulfonamides is 1. The summed E-state index contributed by atoms with van der Waals surface area (Å²) in [6.45, 7) is 5.90. The quantitative estimate of drug-likeness (QED) is 0.819. The Hall–Kier alpha value is -2.22. The zero-order valence-electron chi connectivity index (χ0n) is 14.8. The van der Waals surface area contributed by atoms with Crippen molar-refractivity contribution in [2.24, 2.45) is 0 Å². The van der Waals surface area contributed by atoms with E-state index in [-0.39, 0.29) is 11.1 Å². The lowest BCUT2D eigenvalue weighted by molar-refractivity contribution is -0.139. The van der Waals surface area contributed by atoms with Crippen molar-refractivity contribution in [2.75, 3.05) is 11.8 Å². The van der Waals surface area contributed by atoms with Crippen LogP contribution in [0.3, 0.4) is 0 Å². The van der Waals surface area contributed by atoms with Gasteiger partial charge in [0.2, 0.25) is 0 Å². The molecule has 0 unspecified atom stereocenters. The summed E-state index contributed by atoms with van der Waals surface area (Å²) in [6.07, 6.45) is -4.78. The number of hydrogen-bond acceptors (Lipinski definition) is 3. The number of ether oxygens (including phenoxy) is 1. The van der Waals surface area contributed by atoms with Crippen molar-refractivity contribution < 1.29 is 26.3 Å². The Kier molecular flexibility index (Phi) is 5.28. The molecule has 0 heterocycles. The highest BCUT2D eigenvalue weighted by molar-refractivity contribution is 7.92. The van der Waals surface area contributed by atoms with Gasteiger partial charge in [-0.3, -0.25) is 4.72 Å². The van der Waals surface area contributed by atoms with E-state index in [1.165, 1.54) is 25.3 Å². The molecule has 0 amide bonds. The van der Waals surface area contributed by atoms with Gasteiger partial charge in [0.1, 0.15) is 5.75 Å². The summed E-state index contributed by atoms with van der Waals surface area (Å²) in [5, 5.41) is 0. The van der Waals surface area contributed by atoms with E-state index in [1.54, 1.807) is 6.07 Å². The maximum atomic E-state index is 13.1. The zero-order valence-corrected chi connectivity index (χ0v) is 15.6. The van der Waals surface area contributed by atoms with Crippen LogP contribution in [0.25, 0.3) is 0 Å². The van der Waals surface area contributed by atoms with E-state index in [0.717, 1.165) is 23.8 Å². The first-order valence-electron chi connectivity index (χ1n) is 7.74. The summed E-state index contributed by atoms with van der Waals surface area (Å²) in [5.74, 6) is 0.446. The molecule has 0 aliphatic carbocycles. The Balaban J connectivity index is 2.46. The number of benzene rings is 2. The molecule has 0 spiro atoms. The summed E-state index contributed by atoms with van der Waals surface area (Å²) < 4.78 is 71.8. The number of rotatable bonds is 4. The van der Waals surface area contributed by atoms with Crippen LogP contribution in [0.15, 0.2) is 47.4 Å². The maximum absolute atomic E-state index is 13.1. The molecule has 26 heavy (non-hydrogen) atoms. The second kappa shape index (κ2) is 6.83. The summed E-state index contributed by atoms with van der Waals surface area (Å²) in [6, 6.07) is 8.68. The number of anilines is 1. The van der Waals surface area contributed by atoms with Crippen LogP contribution in [-0.4, -0.2) is 15.5 Å². The van der Waals surface area contributed by atoms with E-state index in [0.29, 0.717) is 5.75 Å². The lowest BCUT2D eigenvalue weighted by Gasteiger charge is -2.23. The predicted molar refractivity (Wildman–Crippen MR) is 93.9 cm³/mol. The van der Waals surface area contributed by atoms with Gasteiger partial charge in [0, 0.05) is 6.07 Å². The van der Waals surface area contributed by atoms with Crippen LogP contribution in [0.4, 0.5) is 18.9 Å². The van der Waals surface area contributed by atoms with Crippen LogP contribution in [0.2, 0.25) is 0 Å². The highest BCUT2D eigenvalue weighted by Gasteiger charge is 2.37. The first-order chi connectivity index (χ1) is 11.9. The van der Waals surface area contributed by atoms with Crippen LogP contribution < -0.4 is 9.46 Å². The molecule has 1 N–H and O–H groups in total. The van der Waals surface area contributed by atoms with Crippen LogP contribution in [0, 0.1) is 0 Å². The van der Waals surface area contributed by atoms with E-state index in [9.17, 15) is 21.6 Å². The molecule has 2 aromatic carbocycles.